The lowest BCUT2D eigenvalue weighted by Gasteiger charge is -2.36. The molecule has 27 heavy (non-hydrogen) atoms. The van der Waals surface area contributed by atoms with Gasteiger partial charge in [0, 0.05) is 18.9 Å². The molecule has 2 aromatic carbocycles. The van der Waals surface area contributed by atoms with Crippen molar-refractivity contribution < 1.29 is 13.9 Å². The number of benzene rings is 2. The third-order valence-electron chi connectivity index (χ3n) is 5.13. The van der Waals surface area contributed by atoms with Crippen LogP contribution in [0.2, 0.25) is 0 Å². The topological polar surface area (TPSA) is 67.0 Å². The lowest BCUT2D eigenvalue weighted by atomic mass is 9.73. The van der Waals surface area contributed by atoms with Crippen LogP contribution in [0.25, 0.3) is 11.3 Å². The third-order valence-corrected chi connectivity index (χ3v) is 5.13. The number of hydrogen-bond donors (Lipinski definition) is 2. The van der Waals surface area contributed by atoms with E-state index < -0.39 is 5.41 Å². The molecule has 0 spiro atoms. The Morgan fingerprint density at radius 2 is 1.78 bits per heavy atom. The summed E-state index contributed by atoms with van der Waals surface area (Å²) in [5, 5.41) is 3.02. The predicted molar refractivity (Wildman–Crippen MR) is 101 cm³/mol. The van der Waals surface area contributed by atoms with Crippen LogP contribution in [0.4, 0.5) is 10.1 Å². The molecular weight excluding hydrogens is 345 g/mol. The highest BCUT2D eigenvalue weighted by atomic mass is 19.1. The molecule has 1 amide bonds. The van der Waals surface area contributed by atoms with Gasteiger partial charge in [0.15, 0.2) is 0 Å². The fraction of sp³-hybridized carbons (Fsp3) is 0.238. The first-order valence-corrected chi connectivity index (χ1v) is 8.91. The van der Waals surface area contributed by atoms with Gasteiger partial charge in [-0.15, -0.1) is 0 Å². The highest BCUT2D eigenvalue weighted by Gasteiger charge is 2.41. The number of amides is 1. The Bertz CT molecular complexity index is 900. The van der Waals surface area contributed by atoms with Crippen molar-refractivity contribution in [3.8, 4) is 11.3 Å². The van der Waals surface area contributed by atoms with Crippen molar-refractivity contribution in [2.24, 2.45) is 0 Å². The molecule has 138 valence electrons. The predicted octanol–water partition coefficient (Wildman–Crippen LogP) is 3.90. The second kappa shape index (κ2) is 7.32. The number of anilines is 1. The minimum atomic E-state index is -0.714. The summed E-state index contributed by atoms with van der Waals surface area (Å²) < 4.78 is 18.8. The number of carbonyl (C=O) groups is 1. The highest BCUT2D eigenvalue weighted by Crippen LogP contribution is 2.36. The van der Waals surface area contributed by atoms with Gasteiger partial charge >= 0.3 is 0 Å². The molecule has 1 saturated heterocycles. The average Bonchev–Trinajstić information content (AvgIpc) is 3.24. The summed E-state index contributed by atoms with van der Waals surface area (Å²) in [6.45, 7) is 1.01. The van der Waals surface area contributed by atoms with Crippen molar-refractivity contribution in [1.82, 2.24) is 9.97 Å². The number of nitrogens with one attached hydrogen (secondary N) is 2. The molecule has 1 aliphatic heterocycles. The molecule has 2 N–H and O–H groups in total. The molecule has 1 aromatic heterocycles. The minimum Gasteiger partial charge on any atom is -0.381 e. The minimum absolute atomic E-state index is 0.0910. The van der Waals surface area contributed by atoms with Crippen LogP contribution < -0.4 is 5.32 Å². The van der Waals surface area contributed by atoms with Gasteiger partial charge in [-0.05, 0) is 48.2 Å². The van der Waals surface area contributed by atoms with Crippen LogP contribution >= 0.6 is 0 Å². The molecule has 0 unspecified atom stereocenters. The maximum absolute atomic E-state index is 13.3. The summed E-state index contributed by atoms with van der Waals surface area (Å²) in [4.78, 5) is 20.3. The van der Waals surface area contributed by atoms with E-state index in [-0.39, 0.29) is 11.7 Å². The number of aromatic nitrogens is 2. The normalized spacial score (nSPS) is 16.0. The molecule has 1 aliphatic rings. The molecule has 2 heterocycles. The van der Waals surface area contributed by atoms with E-state index in [2.05, 4.69) is 15.3 Å². The Morgan fingerprint density at radius 1 is 1.07 bits per heavy atom. The molecule has 0 saturated carbocycles. The van der Waals surface area contributed by atoms with Gasteiger partial charge in [-0.25, -0.2) is 9.37 Å². The van der Waals surface area contributed by atoms with Gasteiger partial charge in [-0.2, -0.15) is 0 Å². The largest absolute Gasteiger partial charge is 0.381 e. The standard InChI is InChI=1S/C21H20FN3O2/c22-17-5-3-16(4-6-17)21(9-11-27-12-10-21)20(26)25-18-7-1-15(2-8-18)19-13-23-14-24-19/h1-8,13-14H,9-12H2,(H,23,24)(H,25,26). The van der Waals surface area contributed by atoms with Gasteiger partial charge in [-0.3, -0.25) is 4.79 Å². The third kappa shape index (κ3) is 3.48. The second-order valence-corrected chi connectivity index (χ2v) is 6.70. The summed E-state index contributed by atoms with van der Waals surface area (Å²) in [6.07, 6.45) is 4.51. The lowest BCUT2D eigenvalue weighted by molar-refractivity contribution is -0.125. The SMILES string of the molecule is O=C(Nc1ccc(-c2cnc[nH]2)cc1)C1(c2ccc(F)cc2)CCOCC1. The van der Waals surface area contributed by atoms with Gasteiger partial charge in [0.1, 0.15) is 5.82 Å². The van der Waals surface area contributed by atoms with Gasteiger partial charge in [0.05, 0.1) is 23.6 Å². The molecule has 0 bridgehead atoms. The molecule has 4 rings (SSSR count). The Kier molecular flexibility index (Phi) is 4.73. The van der Waals surface area contributed by atoms with E-state index in [0.717, 1.165) is 22.5 Å². The van der Waals surface area contributed by atoms with E-state index in [0.29, 0.717) is 26.1 Å². The summed E-state index contributed by atoms with van der Waals surface area (Å²) in [7, 11) is 0. The van der Waals surface area contributed by atoms with E-state index in [4.69, 9.17) is 4.74 Å². The van der Waals surface area contributed by atoms with Gasteiger partial charge in [0.25, 0.3) is 0 Å². The molecule has 1 fully saturated rings. The van der Waals surface area contributed by atoms with E-state index in [1.165, 1.54) is 12.1 Å². The van der Waals surface area contributed by atoms with E-state index >= 15 is 0 Å². The fourth-order valence-corrected chi connectivity index (χ4v) is 3.53. The van der Waals surface area contributed by atoms with Crippen LogP contribution in [0.15, 0.2) is 61.1 Å². The quantitative estimate of drug-likeness (QED) is 0.737. The molecule has 5 nitrogen and oxygen atoms in total. The Balaban J connectivity index is 1.58. The summed E-state index contributed by atoms with van der Waals surface area (Å²) in [5.74, 6) is -0.400. The zero-order valence-electron chi connectivity index (χ0n) is 14.7. The lowest BCUT2D eigenvalue weighted by Crippen LogP contribution is -2.44. The zero-order valence-corrected chi connectivity index (χ0v) is 14.7. The number of ether oxygens (including phenoxy) is 1. The number of aromatic amines is 1. The van der Waals surface area contributed by atoms with E-state index in [1.807, 2.05) is 24.3 Å². The molecule has 0 aliphatic carbocycles. The van der Waals surface area contributed by atoms with Crippen LogP contribution in [-0.4, -0.2) is 29.1 Å². The number of hydrogen-bond acceptors (Lipinski definition) is 3. The number of H-pyrrole nitrogens is 1. The van der Waals surface area contributed by atoms with E-state index in [9.17, 15) is 9.18 Å². The molecule has 3 aromatic rings. The van der Waals surface area contributed by atoms with Crippen molar-refractivity contribution in [2.75, 3.05) is 18.5 Å². The van der Waals surface area contributed by atoms with Crippen molar-refractivity contribution in [2.45, 2.75) is 18.3 Å². The summed E-state index contributed by atoms with van der Waals surface area (Å²) in [5.41, 5.74) is 2.73. The van der Waals surface area contributed by atoms with Crippen molar-refractivity contribution in [3.63, 3.8) is 0 Å². The maximum atomic E-state index is 13.3. The second-order valence-electron chi connectivity index (χ2n) is 6.70. The molecule has 6 heteroatoms. The van der Waals surface area contributed by atoms with Crippen LogP contribution in [0.1, 0.15) is 18.4 Å². The first kappa shape index (κ1) is 17.4. The van der Waals surface area contributed by atoms with Crippen LogP contribution in [-0.2, 0) is 14.9 Å². The number of rotatable bonds is 4. The Labute approximate surface area is 156 Å². The fourth-order valence-electron chi connectivity index (χ4n) is 3.53. The number of nitrogens with zero attached hydrogens (tertiary/aromatic N) is 1. The van der Waals surface area contributed by atoms with Gasteiger partial charge in [-0.1, -0.05) is 24.3 Å². The number of imidazole rings is 1. The van der Waals surface area contributed by atoms with Crippen molar-refractivity contribution in [1.29, 1.82) is 0 Å². The van der Waals surface area contributed by atoms with Crippen molar-refractivity contribution >= 4 is 11.6 Å². The number of carbonyl (C=O) groups excluding carboxylic acids is 1. The molecular formula is C21H20FN3O2. The zero-order chi connectivity index (χ0) is 18.7. The highest BCUT2D eigenvalue weighted by molar-refractivity contribution is 5.99. The Morgan fingerprint density at radius 3 is 2.41 bits per heavy atom. The first-order valence-electron chi connectivity index (χ1n) is 8.91. The van der Waals surface area contributed by atoms with Crippen molar-refractivity contribution in [3.05, 3.63) is 72.4 Å². The monoisotopic (exact) mass is 365 g/mol. The van der Waals surface area contributed by atoms with E-state index in [1.54, 1.807) is 24.7 Å². The van der Waals surface area contributed by atoms with Crippen LogP contribution in [0.3, 0.4) is 0 Å². The Hall–Kier alpha value is -2.99. The van der Waals surface area contributed by atoms with Gasteiger partial charge < -0.3 is 15.0 Å². The molecule has 0 atom stereocenters. The van der Waals surface area contributed by atoms with Crippen LogP contribution in [0.5, 0.6) is 0 Å². The smallest absolute Gasteiger partial charge is 0.235 e. The summed E-state index contributed by atoms with van der Waals surface area (Å²) in [6, 6.07) is 13.8. The maximum Gasteiger partial charge on any atom is 0.235 e. The number of halogens is 1. The van der Waals surface area contributed by atoms with Gasteiger partial charge in [0.2, 0.25) is 5.91 Å². The average molecular weight is 365 g/mol. The first-order chi connectivity index (χ1) is 13.2. The molecule has 0 radical (unpaired) electrons. The summed E-state index contributed by atoms with van der Waals surface area (Å²) >= 11 is 0. The van der Waals surface area contributed by atoms with Crippen LogP contribution in [0, 0.1) is 5.82 Å².